The number of halogens is 6. The van der Waals surface area contributed by atoms with Gasteiger partial charge in [-0.3, -0.25) is 4.99 Å². The zero-order valence-electron chi connectivity index (χ0n) is 15.1. The fourth-order valence-electron chi connectivity index (χ4n) is 2.05. The third-order valence-corrected chi connectivity index (χ3v) is 4.25. The summed E-state index contributed by atoms with van der Waals surface area (Å²) in [6.07, 6.45) is -7.33. The number of nitrogens with zero attached hydrogens (tertiary/aromatic N) is 3. The molecule has 0 atom stereocenters. The quantitative estimate of drug-likeness (QED) is 0.392. The summed E-state index contributed by atoms with van der Waals surface area (Å²) in [5.74, 6) is 0.209. The van der Waals surface area contributed by atoms with Gasteiger partial charge in [0.25, 0.3) is 0 Å². The molecule has 0 radical (unpaired) electrons. The van der Waals surface area contributed by atoms with Crippen LogP contribution in [0.4, 0.5) is 26.3 Å². The molecular weight excluding hydrogens is 424 g/mol. The van der Waals surface area contributed by atoms with E-state index in [9.17, 15) is 26.3 Å². The van der Waals surface area contributed by atoms with E-state index < -0.39 is 24.7 Å². The first-order chi connectivity index (χ1) is 13.6. The molecular formula is C16H17F6N5OS. The van der Waals surface area contributed by atoms with Gasteiger partial charge in [-0.25, -0.2) is 9.97 Å². The van der Waals surface area contributed by atoms with Gasteiger partial charge < -0.3 is 15.4 Å². The zero-order chi connectivity index (χ0) is 21.5. The molecule has 0 unspecified atom stereocenters. The highest BCUT2D eigenvalue weighted by atomic mass is 32.1. The summed E-state index contributed by atoms with van der Waals surface area (Å²) in [5, 5.41) is 7.16. The van der Waals surface area contributed by atoms with Gasteiger partial charge in [0, 0.05) is 44.2 Å². The molecule has 2 heterocycles. The van der Waals surface area contributed by atoms with Gasteiger partial charge >= 0.3 is 12.4 Å². The molecule has 0 aliphatic carbocycles. The second-order valence-electron chi connectivity index (χ2n) is 5.63. The maximum Gasteiger partial charge on any atom is 0.434 e. The fourth-order valence-corrected chi connectivity index (χ4v) is 2.85. The van der Waals surface area contributed by atoms with Crippen molar-refractivity contribution in [2.75, 3.05) is 20.2 Å². The van der Waals surface area contributed by atoms with E-state index in [4.69, 9.17) is 0 Å². The van der Waals surface area contributed by atoms with Crippen LogP contribution in [0.5, 0.6) is 5.88 Å². The molecule has 2 aromatic heterocycles. The van der Waals surface area contributed by atoms with Gasteiger partial charge in [0.05, 0.1) is 5.01 Å². The molecule has 2 aromatic rings. The molecule has 0 spiro atoms. The molecule has 0 fully saturated rings. The minimum atomic E-state index is -4.47. The van der Waals surface area contributed by atoms with E-state index in [-0.39, 0.29) is 18.8 Å². The first kappa shape index (κ1) is 22.7. The van der Waals surface area contributed by atoms with Crippen molar-refractivity contribution in [3.63, 3.8) is 0 Å². The normalized spacial score (nSPS) is 12.7. The van der Waals surface area contributed by atoms with Crippen LogP contribution in [0.15, 0.2) is 28.7 Å². The van der Waals surface area contributed by atoms with Gasteiger partial charge in [0.1, 0.15) is 0 Å². The van der Waals surface area contributed by atoms with E-state index in [2.05, 4.69) is 30.3 Å². The number of aliphatic imine (C=N–C) groups is 1. The second kappa shape index (κ2) is 9.76. The van der Waals surface area contributed by atoms with Crippen molar-refractivity contribution in [1.29, 1.82) is 0 Å². The van der Waals surface area contributed by atoms with Crippen LogP contribution in [-0.4, -0.2) is 42.3 Å². The molecule has 0 amide bonds. The first-order valence-electron chi connectivity index (χ1n) is 8.17. The summed E-state index contributed by atoms with van der Waals surface area (Å²) in [7, 11) is 1.50. The Labute approximate surface area is 166 Å². The Kier molecular flexibility index (Phi) is 7.65. The summed E-state index contributed by atoms with van der Waals surface area (Å²) < 4.78 is 78.8. The summed E-state index contributed by atoms with van der Waals surface area (Å²) >= 11 is 0.921. The molecule has 0 aliphatic rings. The number of pyridine rings is 1. The Morgan fingerprint density at radius 2 is 1.97 bits per heavy atom. The number of nitrogens with one attached hydrogen (secondary N) is 2. The van der Waals surface area contributed by atoms with Crippen molar-refractivity contribution in [1.82, 2.24) is 20.6 Å². The lowest BCUT2D eigenvalue weighted by Gasteiger charge is -2.12. The first-order valence-corrected chi connectivity index (χ1v) is 9.05. The highest BCUT2D eigenvalue weighted by molar-refractivity contribution is 7.09. The Morgan fingerprint density at radius 1 is 1.21 bits per heavy atom. The Morgan fingerprint density at radius 3 is 2.59 bits per heavy atom. The van der Waals surface area contributed by atoms with Gasteiger partial charge in [-0.2, -0.15) is 26.3 Å². The summed E-state index contributed by atoms with van der Waals surface area (Å²) in [6.45, 7) is -0.923. The Hall–Kier alpha value is -2.57. The van der Waals surface area contributed by atoms with E-state index in [1.54, 1.807) is 6.07 Å². The molecule has 0 saturated carbocycles. The monoisotopic (exact) mass is 441 g/mol. The maximum atomic E-state index is 12.5. The SMILES string of the molecule is CN=C(NCCc1nc(C(F)(F)F)cs1)NCc1ccnc(OCC(F)(F)F)c1. The number of ether oxygens (including phenoxy) is 1. The van der Waals surface area contributed by atoms with Crippen molar-refractivity contribution >= 4 is 17.3 Å². The lowest BCUT2D eigenvalue weighted by Crippen LogP contribution is -2.37. The van der Waals surface area contributed by atoms with E-state index >= 15 is 0 Å². The molecule has 0 aromatic carbocycles. The van der Waals surface area contributed by atoms with Crippen molar-refractivity contribution < 1.29 is 31.1 Å². The van der Waals surface area contributed by atoms with Crippen LogP contribution < -0.4 is 15.4 Å². The molecule has 29 heavy (non-hydrogen) atoms. The van der Waals surface area contributed by atoms with Crippen molar-refractivity contribution in [2.24, 2.45) is 4.99 Å². The summed E-state index contributed by atoms with van der Waals surface area (Å²) in [5.41, 5.74) is -0.309. The van der Waals surface area contributed by atoms with Crippen molar-refractivity contribution in [3.8, 4) is 5.88 Å². The van der Waals surface area contributed by atoms with Crippen LogP contribution >= 0.6 is 11.3 Å². The van der Waals surface area contributed by atoms with Gasteiger partial charge in [0.15, 0.2) is 18.3 Å². The molecule has 6 nitrogen and oxygen atoms in total. The van der Waals surface area contributed by atoms with Gasteiger partial charge in [-0.1, -0.05) is 0 Å². The smallest absolute Gasteiger partial charge is 0.434 e. The van der Waals surface area contributed by atoms with E-state index in [0.29, 0.717) is 23.1 Å². The fraction of sp³-hybridized carbons (Fsp3) is 0.438. The minimum absolute atomic E-state index is 0.159. The average Bonchev–Trinajstić information content (AvgIpc) is 3.12. The summed E-state index contributed by atoms with van der Waals surface area (Å²) in [6, 6.07) is 2.95. The largest absolute Gasteiger partial charge is 0.468 e. The number of alkyl halides is 6. The standard InChI is InChI=1S/C16H17F6N5OS/c1-23-14(25-5-3-13-27-11(8-29-13)16(20,21)22)26-7-10-2-4-24-12(6-10)28-9-15(17,18)19/h2,4,6,8H,3,5,7,9H2,1H3,(H2,23,25,26). The van der Waals surface area contributed by atoms with Crippen LogP contribution in [-0.2, 0) is 19.1 Å². The lowest BCUT2D eigenvalue weighted by molar-refractivity contribution is -0.154. The maximum absolute atomic E-state index is 12.5. The van der Waals surface area contributed by atoms with Crippen LogP contribution in [0.2, 0.25) is 0 Å². The lowest BCUT2D eigenvalue weighted by atomic mass is 10.2. The third kappa shape index (κ3) is 8.13. The number of rotatable bonds is 7. The van der Waals surface area contributed by atoms with E-state index in [0.717, 1.165) is 16.7 Å². The van der Waals surface area contributed by atoms with Gasteiger partial charge in [-0.15, -0.1) is 11.3 Å². The number of hydrogen-bond acceptors (Lipinski definition) is 5. The minimum Gasteiger partial charge on any atom is -0.468 e. The topological polar surface area (TPSA) is 71.4 Å². The number of thiazole rings is 1. The highest BCUT2D eigenvalue weighted by Crippen LogP contribution is 2.30. The van der Waals surface area contributed by atoms with Crippen LogP contribution in [0.1, 0.15) is 16.3 Å². The predicted octanol–water partition coefficient (Wildman–Crippen LogP) is 3.41. The van der Waals surface area contributed by atoms with Crippen LogP contribution in [0.3, 0.4) is 0 Å². The average molecular weight is 441 g/mol. The van der Waals surface area contributed by atoms with E-state index in [1.165, 1.54) is 19.3 Å². The molecule has 2 N–H and O–H groups in total. The number of aromatic nitrogens is 2. The highest BCUT2D eigenvalue weighted by Gasteiger charge is 2.33. The third-order valence-electron chi connectivity index (χ3n) is 3.34. The van der Waals surface area contributed by atoms with Crippen LogP contribution in [0.25, 0.3) is 0 Å². The molecule has 160 valence electrons. The Bertz CT molecular complexity index is 821. The predicted molar refractivity (Wildman–Crippen MR) is 94.8 cm³/mol. The second-order valence-corrected chi connectivity index (χ2v) is 6.58. The molecule has 13 heteroatoms. The summed E-state index contributed by atoms with van der Waals surface area (Å²) in [4.78, 5) is 11.2. The van der Waals surface area contributed by atoms with E-state index in [1.807, 2.05) is 0 Å². The number of hydrogen-bond donors (Lipinski definition) is 2. The van der Waals surface area contributed by atoms with Gasteiger partial charge in [0.2, 0.25) is 5.88 Å². The Balaban J connectivity index is 1.80. The molecule has 0 aliphatic heterocycles. The molecule has 0 bridgehead atoms. The van der Waals surface area contributed by atoms with Gasteiger partial charge in [-0.05, 0) is 11.6 Å². The zero-order valence-corrected chi connectivity index (χ0v) is 15.9. The molecule has 0 saturated heterocycles. The number of guanidine groups is 1. The van der Waals surface area contributed by atoms with Crippen molar-refractivity contribution in [3.05, 3.63) is 40.0 Å². The van der Waals surface area contributed by atoms with Crippen molar-refractivity contribution in [2.45, 2.75) is 25.3 Å². The molecule has 2 rings (SSSR count). The van der Waals surface area contributed by atoms with Crippen LogP contribution in [0, 0.1) is 0 Å².